The van der Waals surface area contributed by atoms with E-state index in [0.717, 1.165) is 4.90 Å². The molecule has 1 aromatic rings. The molecule has 3 amide bonds. The van der Waals surface area contributed by atoms with Crippen LogP contribution in [0.25, 0.3) is 0 Å². The van der Waals surface area contributed by atoms with E-state index < -0.39 is 56.8 Å². The van der Waals surface area contributed by atoms with Crippen LogP contribution in [0.4, 0.5) is 33.7 Å². The maximum Gasteiger partial charge on any atom is 0.471 e. The summed E-state index contributed by atoms with van der Waals surface area (Å²) in [6, 6.07) is 6.28. The number of carbonyl (C=O) groups is 3. The van der Waals surface area contributed by atoms with Gasteiger partial charge in [0.25, 0.3) is 9.70 Å². The van der Waals surface area contributed by atoms with E-state index in [1.165, 1.54) is 17.0 Å². The van der Waals surface area contributed by atoms with Crippen molar-refractivity contribution >= 4 is 98.9 Å². The number of cyclic esters (lactones) is 1. The van der Waals surface area contributed by atoms with Crippen molar-refractivity contribution in [3.05, 3.63) is 24.3 Å². The molecule has 3 rings (SSSR count). The molecule has 2 heterocycles. The fourth-order valence-corrected chi connectivity index (χ4v) is 4.53. The predicted molar refractivity (Wildman–Crippen MR) is 139 cm³/mol. The minimum atomic E-state index is -5.05. The Kier molecular flexibility index (Phi) is 10.1. The largest absolute Gasteiger partial charge is 0.471 e. The Morgan fingerprint density at radius 2 is 1.56 bits per heavy atom. The van der Waals surface area contributed by atoms with Gasteiger partial charge in [-0.3, -0.25) is 14.5 Å². The summed E-state index contributed by atoms with van der Waals surface area (Å²) in [6.45, 7) is -0.593. The zero-order valence-electron chi connectivity index (χ0n) is 19.3. The molecule has 3 atom stereocenters. The average molecular weight is 682 g/mol. The van der Waals surface area contributed by atoms with E-state index in [0.29, 0.717) is 11.4 Å². The lowest BCUT2D eigenvalue weighted by molar-refractivity contribution is -0.173. The number of nitrogens with one attached hydrogen (secondary N) is 2. The highest BCUT2D eigenvalue weighted by Crippen LogP contribution is 2.36. The van der Waals surface area contributed by atoms with E-state index in [-0.39, 0.29) is 26.2 Å². The minimum absolute atomic E-state index is 0.00852. The predicted octanol–water partition coefficient (Wildman–Crippen LogP) is 4.29. The van der Waals surface area contributed by atoms with E-state index in [9.17, 15) is 27.6 Å². The van der Waals surface area contributed by atoms with E-state index in [1.54, 1.807) is 22.3 Å². The second kappa shape index (κ2) is 12.3. The fourth-order valence-electron chi connectivity index (χ4n) is 3.83. The normalized spacial score (nSPS) is 21.9. The Labute approximate surface area is 249 Å². The highest BCUT2D eigenvalue weighted by Gasteiger charge is 2.46. The first-order chi connectivity index (χ1) is 17.9. The van der Waals surface area contributed by atoms with Crippen molar-refractivity contribution in [1.29, 1.82) is 0 Å². The van der Waals surface area contributed by atoms with Crippen LogP contribution in [0.3, 0.4) is 0 Å². The molecular formula is C20H19Cl6F4N5O4. The lowest BCUT2D eigenvalue weighted by atomic mass is 10.2. The van der Waals surface area contributed by atoms with Gasteiger partial charge in [0.05, 0.1) is 19.6 Å². The molecule has 0 radical (unpaired) electrons. The summed E-state index contributed by atoms with van der Waals surface area (Å²) in [6.07, 6.45) is -10.0. The molecule has 3 unspecified atom stereocenters. The summed E-state index contributed by atoms with van der Waals surface area (Å²) in [5, 5.41) is 3.90. The molecule has 2 aliphatic rings. The summed E-state index contributed by atoms with van der Waals surface area (Å²) in [7, 11) is 0. The molecule has 2 fully saturated rings. The first kappa shape index (κ1) is 32.2. The Hall–Kier alpha value is -1.35. The summed E-state index contributed by atoms with van der Waals surface area (Å²) < 4.78 is 52.8. The number of ether oxygens (including phenoxy) is 1. The number of carbonyl (C=O) groups excluding carboxylic acids is 3. The number of anilines is 2. The van der Waals surface area contributed by atoms with Crippen LogP contribution >= 0.6 is 69.6 Å². The summed E-state index contributed by atoms with van der Waals surface area (Å²) in [5.74, 6) is -3.25. The molecule has 218 valence electrons. The number of alkyl halides is 10. The van der Waals surface area contributed by atoms with Gasteiger partial charge in [0.1, 0.15) is 12.3 Å². The van der Waals surface area contributed by atoms with Gasteiger partial charge >= 0.3 is 18.2 Å². The topological polar surface area (TPSA) is 94.2 Å². The number of hydrogen-bond donors (Lipinski definition) is 2. The molecule has 0 aromatic heterocycles. The Morgan fingerprint density at radius 3 is 2.08 bits per heavy atom. The van der Waals surface area contributed by atoms with Crippen LogP contribution in [0.5, 0.6) is 0 Å². The first-order valence-corrected chi connectivity index (χ1v) is 13.2. The molecule has 1 aromatic carbocycles. The van der Waals surface area contributed by atoms with Crippen molar-refractivity contribution in [2.45, 2.75) is 32.3 Å². The SMILES string of the molecule is O=C1OC(CNC(=O)C(F)(F)F)CN1c1ccc(N2CCN(C(NC(=O)C(Cl)(Cl)Cl)C(Cl)(Cl)Cl)C(F)C2)cc1. The van der Waals surface area contributed by atoms with Gasteiger partial charge in [-0.25, -0.2) is 14.1 Å². The maximum absolute atomic E-state index is 15.2. The summed E-state index contributed by atoms with van der Waals surface area (Å²) in [4.78, 5) is 39.2. The summed E-state index contributed by atoms with van der Waals surface area (Å²) in [5.41, 5.74) is 0.938. The molecule has 0 bridgehead atoms. The van der Waals surface area contributed by atoms with Crippen LogP contribution in [0.1, 0.15) is 0 Å². The number of piperazine rings is 1. The van der Waals surface area contributed by atoms with E-state index in [4.69, 9.17) is 74.3 Å². The van der Waals surface area contributed by atoms with Gasteiger partial charge in [-0.05, 0) is 24.3 Å². The molecule has 0 aliphatic carbocycles. The molecule has 9 nitrogen and oxygen atoms in total. The van der Waals surface area contributed by atoms with Crippen molar-refractivity contribution in [2.24, 2.45) is 0 Å². The molecule has 0 saturated carbocycles. The molecule has 2 N–H and O–H groups in total. The van der Waals surface area contributed by atoms with E-state index in [1.807, 2.05) is 0 Å². The zero-order chi connectivity index (χ0) is 29.3. The van der Waals surface area contributed by atoms with E-state index >= 15 is 4.39 Å². The van der Waals surface area contributed by atoms with Crippen molar-refractivity contribution in [2.75, 3.05) is 42.5 Å². The van der Waals surface area contributed by atoms with Crippen LogP contribution < -0.4 is 20.4 Å². The number of benzene rings is 1. The molecule has 0 spiro atoms. The van der Waals surface area contributed by atoms with Crippen molar-refractivity contribution in [1.82, 2.24) is 15.5 Å². The van der Waals surface area contributed by atoms with Crippen molar-refractivity contribution in [3.63, 3.8) is 0 Å². The Balaban J connectivity index is 1.61. The van der Waals surface area contributed by atoms with Crippen LogP contribution in [-0.2, 0) is 14.3 Å². The number of hydrogen-bond acceptors (Lipinski definition) is 6. The average Bonchev–Trinajstić information content (AvgIpc) is 3.19. The number of halogens is 10. The lowest BCUT2D eigenvalue weighted by Crippen LogP contribution is -2.64. The van der Waals surface area contributed by atoms with Crippen molar-refractivity contribution in [3.8, 4) is 0 Å². The molecule has 19 heteroatoms. The highest BCUT2D eigenvalue weighted by atomic mass is 35.6. The van der Waals surface area contributed by atoms with Gasteiger partial charge < -0.3 is 20.3 Å². The molecule has 39 heavy (non-hydrogen) atoms. The van der Waals surface area contributed by atoms with Gasteiger partial charge in [0.15, 0.2) is 6.30 Å². The number of amides is 3. The minimum Gasteiger partial charge on any atom is -0.442 e. The Morgan fingerprint density at radius 1 is 0.974 bits per heavy atom. The van der Waals surface area contributed by atoms with Crippen LogP contribution in [0.15, 0.2) is 24.3 Å². The van der Waals surface area contributed by atoms with Gasteiger partial charge in [-0.15, -0.1) is 0 Å². The number of rotatable bonds is 6. The maximum atomic E-state index is 15.2. The van der Waals surface area contributed by atoms with Gasteiger partial charge in [-0.2, -0.15) is 13.2 Å². The lowest BCUT2D eigenvalue weighted by Gasteiger charge is -2.44. The van der Waals surface area contributed by atoms with Crippen LogP contribution in [0.2, 0.25) is 0 Å². The van der Waals surface area contributed by atoms with E-state index in [2.05, 4.69) is 5.32 Å². The summed E-state index contributed by atoms with van der Waals surface area (Å²) >= 11 is 34.5. The second-order valence-corrected chi connectivity index (χ2v) is 13.0. The highest BCUT2D eigenvalue weighted by molar-refractivity contribution is 6.76. The quantitative estimate of drug-likeness (QED) is 0.265. The smallest absolute Gasteiger partial charge is 0.442 e. The van der Waals surface area contributed by atoms with Crippen molar-refractivity contribution < 1.29 is 36.7 Å². The first-order valence-electron chi connectivity index (χ1n) is 10.9. The molecule has 2 aliphatic heterocycles. The van der Waals surface area contributed by atoms with Crippen LogP contribution in [0, 0.1) is 0 Å². The second-order valence-electron chi connectivity index (χ2n) is 8.37. The monoisotopic (exact) mass is 679 g/mol. The zero-order valence-corrected chi connectivity index (χ0v) is 23.9. The van der Waals surface area contributed by atoms with Gasteiger partial charge in [0, 0.05) is 24.5 Å². The third-order valence-electron chi connectivity index (χ3n) is 5.67. The third kappa shape index (κ3) is 8.34. The van der Waals surface area contributed by atoms with Gasteiger partial charge in [0.2, 0.25) is 3.79 Å². The standard InChI is InChI=1S/C20H19Cl6F4N5O4/c21-18(22,23)14(32-15(36)19(24,25)26)34-6-5-33(9-13(34)27)10-1-3-11(4-2-10)35-8-12(39-17(35)38)7-31-16(37)20(28,29)30/h1-4,12-14H,5-9H2,(H,31,37)(H,32,36). The fraction of sp³-hybridized carbons (Fsp3) is 0.550. The Bertz CT molecular complexity index is 1070. The molecule has 2 saturated heterocycles. The third-order valence-corrected chi connectivity index (χ3v) is 6.81. The molecular weight excluding hydrogens is 663 g/mol. The number of nitrogens with zero attached hydrogens (tertiary/aromatic N) is 3. The van der Waals surface area contributed by atoms with Gasteiger partial charge in [-0.1, -0.05) is 69.6 Å². The van der Waals surface area contributed by atoms with Crippen LogP contribution in [-0.4, -0.2) is 87.9 Å².